The second-order valence-electron chi connectivity index (χ2n) is 5.83. The van der Waals surface area contributed by atoms with Gasteiger partial charge in [0.2, 0.25) is 5.91 Å². The summed E-state index contributed by atoms with van der Waals surface area (Å²) in [6.45, 7) is 2.07. The van der Waals surface area contributed by atoms with Crippen LogP contribution in [0, 0.1) is 5.92 Å². The molecule has 4 nitrogen and oxygen atoms in total. The third kappa shape index (κ3) is 4.03. The quantitative estimate of drug-likeness (QED) is 0.924. The Hall–Kier alpha value is -2.05. The first-order valence-corrected chi connectivity index (χ1v) is 7.39. The summed E-state index contributed by atoms with van der Waals surface area (Å²) in [5.74, 6) is -1.76. The van der Waals surface area contributed by atoms with Crippen LogP contribution in [0.4, 0.5) is 13.2 Å². The number of carboxylic acid groups (broad SMARTS) is 1. The van der Waals surface area contributed by atoms with E-state index in [-0.39, 0.29) is 12.3 Å². The van der Waals surface area contributed by atoms with E-state index in [2.05, 4.69) is 0 Å². The van der Waals surface area contributed by atoms with Crippen molar-refractivity contribution in [2.24, 2.45) is 5.92 Å². The summed E-state index contributed by atoms with van der Waals surface area (Å²) in [5.41, 5.74) is -0.115. The Balaban J connectivity index is 2.02. The maximum Gasteiger partial charge on any atom is 0.416 e. The number of halogens is 3. The van der Waals surface area contributed by atoms with Gasteiger partial charge >= 0.3 is 12.1 Å². The molecule has 0 saturated carbocycles. The van der Waals surface area contributed by atoms with Crippen molar-refractivity contribution in [2.45, 2.75) is 38.4 Å². The van der Waals surface area contributed by atoms with Gasteiger partial charge in [-0.25, -0.2) is 4.79 Å². The molecule has 0 spiro atoms. The average molecular weight is 329 g/mol. The van der Waals surface area contributed by atoms with Gasteiger partial charge in [-0.1, -0.05) is 19.1 Å². The van der Waals surface area contributed by atoms with Gasteiger partial charge in [-0.15, -0.1) is 0 Å². The van der Waals surface area contributed by atoms with Crippen molar-refractivity contribution < 1.29 is 27.9 Å². The number of benzene rings is 1. The average Bonchev–Trinajstić information content (AvgIpc) is 2.95. The van der Waals surface area contributed by atoms with Crippen LogP contribution in [0.5, 0.6) is 0 Å². The van der Waals surface area contributed by atoms with Crippen LogP contribution in [-0.4, -0.2) is 34.5 Å². The fourth-order valence-electron chi connectivity index (χ4n) is 2.84. The summed E-state index contributed by atoms with van der Waals surface area (Å²) in [7, 11) is 0. The second-order valence-corrected chi connectivity index (χ2v) is 5.83. The molecule has 0 bridgehead atoms. The lowest BCUT2D eigenvalue weighted by atomic mass is 9.98. The third-order valence-corrected chi connectivity index (χ3v) is 4.07. The van der Waals surface area contributed by atoms with E-state index in [0.29, 0.717) is 24.9 Å². The number of likely N-dealkylation sites (tertiary alicyclic amines) is 1. The summed E-state index contributed by atoms with van der Waals surface area (Å²) in [6, 6.07) is 3.89. The minimum Gasteiger partial charge on any atom is -0.480 e. The Morgan fingerprint density at radius 1 is 1.30 bits per heavy atom. The number of hydrogen-bond acceptors (Lipinski definition) is 2. The number of nitrogens with zero attached hydrogens (tertiary/aromatic N) is 1. The predicted octanol–water partition coefficient (Wildman–Crippen LogP) is 2.96. The van der Waals surface area contributed by atoms with E-state index in [1.807, 2.05) is 0 Å². The van der Waals surface area contributed by atoms with Crippen LogP contribution >= 0.6 is 0 Å². The topological polar surface area (TPSA) is 57.6 Å². The van der Waals surface area contributed by atoms with Gasteiger partial charge in [-0.05, 0) is 37.0 Å². The number of amides is 1. The zero-order chi connectivity index (χ0) is 17.2. The molecule has 1 aromatic carbocycles. The van der Waals surface area contributed by atoms with Gasteiger partial charge in [0.25, 0.3) is 0 Å². The van der Waals surface area contributed by atoms with Gasteiger partial charge in [0.1, 0.15) is 6.04 Å². The van der Waals surface area contributed by atoms with Crippen molar-refractivity contribution in [1.29, 1.82) is 0 Å². The van der Waals surface area contributed by atoms with Crippen LogP contribution < -0.4 is 0 Å². The van der Waals surface area contributed by atoms with E-state index in [0.717, 1.165) is 12.1 Å². The molecule has 1 amide bonds. The number of alkyl halides is 3. The number of hydrogen-bond donors (Lipinski definition) is 1. The lowest BCUT2D eigenvalue weighted by Gasteiger charge is -2.25. The molecule has 0 aromatic heterocycles. The summed E-state index contributed by atoms with van der Waals surface area (Å²) in [5, 5.41) is 9.11. The molecule has 1 saturated heterocycles. The monoisotopic (exact) mass is 329 g/mol. The van der Waals surface area contributed by atoms with Crippen molar-refractivity contribution in [1.82, 2.24) is 4.90 Å². The zero-order valence-corrected chi connectivity index (χ0v) is 12.6. The van der Waals surface area contributed by atoms with Gasteiger partial charge in [0, 0.05) is 12.5 Å². The van der Waals surface area contributed by atoms with Crippen molar-refractivity contribution >= 4 is 11.9 Å². The van der Waals surface area contributed by atoms with Crippen molar-refractivity contribution in [3.63, 3.8) is 0 Å². The molecule has 0 radical (unpaired) electrons. The Bertz CT molecular complexity index is 583. The molecular formula is C16H18F3NO3. The molecule has 0 aliphatic carbocycles. The maximum atomic E-state index is 12.5. The van der Waals surface area contributed by atoms with Crippen LogP contribution in [0.3, 0.4) is 0 Å². The molecule has 7 heteroatoms. The second kappa shape index (κ2) is 6.60. The molecule has 1 aliphatic heterocycles. The standard InChI is InChI=1S/C16H18F3NO3/c1-10(14(21)20-8-2-3-13(20)15(22)23)9-11-4-6-12(7-5-11)16(17,18)19/h4-7,10,13H,2-3,8-9H2,1H3,(H,22,23)/t10-,13+/m0/s1. The lowest BCUT2D eigenvalue weighted by molar-refractivity contribution is -0.149. The molecular weight excluding hydrogens is 311 g/mol. The summed E-state index contributed by atoms with van der Waals surface area (Å²) in [4.78, 5) is 24.9. The normalized spacial score (nSPS) is 19.7. The van der Waals surface area contributed by atoms with Crippen LogP contribution in [-0.2, 0) is 22.2 Å². The first kappa shape index (κ1) is 17.3. The number of aliphatic carboxylic acids is 1. The maximum absolute atomic E-state index is 12.5. The first-order valence-electron chi connectivity index (χ1n) is 7.39. The van der Waals surface area contributed by atoms with Crippen LogP contribution in [0.25, 0.3) is 0 Å². The fourth-order valence-corrected chi connectivity index (χ4v) is 2.84. The summed E-state index contributed by atoms with van der Waals surface area (Å²) in [6.07, 6.45) is -3.02. The molecule has 1 fully saturated rings. The molecule has 0 unspecified atom stereocenters. The van der Waals surface area contributed by atoms with Crippen molar-refractivity contribution in [3.8, 4) is 0 Å². The molecule has 126 valence electrons. The van der Waals surface area contributed by atoms with E-state index >= 15 is 0 Å². The molecule has 1 aromatic rings. The first-order chi connectivity index (χ1) is 10.7. The van der Waals surface area contributed by atoms with Crippen LogP contribution in [0.1, 0.15) is 30.9 Å². The number of carboxylic acids is 1. The number of rotatable bonds is 4. The van der Waals surface area contributed by atoms with Gasteiger partial charge in [0.15, 0.2) is 0 Å². The van der Waals surface area contributed by atoms with E-state index in [1.54, 1.807) is 6.92 Å². The van der Waals surface area contributed by atoms with Crippen LogP contribution in [0.2, 0.25) is 0 Å². The highest BCUT2D eigenvalue weighted by molar-refractivity contribution is 5.85. The minimum atomic E-state index is -4.38. The Labute approximate surface area is 131 Å². The molecule has 1 N–H and O–H groups in total. The summed E-state index contributed by atoms with van der Waals surface area (Å²) < 4.78 is 37.6. The molecule has 1 heterocycles. The van der Waals surface area contributed by atoms with Gasteiger partial charge in [-0.2, -0.15) is 13.2 Å². The highest BCUT2D eigenvalue weighted by Gasteiger charge is 2.36. The highest BCUT2D eigenvalue weighted by Crippen LogP contribution is 2.29. The lowest BCUT2D eigenvalue weighted by Crippen LogP contribution is -2.43. The predicted molar refractivity (Wildman–Crippen MR) is 76.7 cm³/mol. The van der Waals surface area contributed by atoms with E-state index in [1.165, 1.54) is 17.0 Å². The van der Waals surface area contributed by atoms with Crippen molar-refractivity contribution in [2.75, 3.05) is 6.54 Å². The van der Waals surface area contributed by atoms with E-state index in [4.69, 9.17) is 5.11 Å². The fraction of sp³-hybridized carbons (Fsp3) is 0.500. The van der Waals surface area contributed by atoms with Crippen molar-refractivity contribution in [3.05, 3.63) is 35.4 Å². The molecule has 2 rings (SSSR count). The minimum absolute atomic E-state index is 0.269. The number of carbonyl (C=O) groups excluding carboxylic acids is 1. The number of carbonyl (C=O) groups is 2. The Kier molecular flexibility index (Phi) is 4.97. The third-order valence-electron chi connectivity index (χ3n) is 4.07. The molecule has 2 atom stereocenters. The van der Waals surface area contributed by atoms with Gasteiger partial charge in [-0.3, -0.25) is 4.79 Å². The largest absolute Gasteiger partial charge is 0.480 e. The van der Waals surface area contributed by atoms with E-state index in [9.17, 15) is 22.8 Å². The smallest absolute Gasteiger partial charge is 0.416 e. The molecule has 23 heavy (non-hydrogen) atoms. The Morgan fingerprint density at radius 2 is 1.91 bits per heavy atom. The van der Waals surface area contributed by atoms with Gasteiger partial charge < -0.3 is 10.0 Å². The Morgan fingerprint density at radius 3 is 2.43 bits per heavy atom. The zero-order valence-electron chi connectivity index (χ0n) is 12.6. The van der Waals surface area contributed by atoms with E-state index < -0.39 is 29.7 Å². The SMILES string of the molecule is C[C@@H](Cc1ccc(C(F)(F)F)cc1)C(=O)N1CCC[C@@H]1C(=O)O. The van der Waals surface area contributed by atoms with Crippen LogP contribution in [0.15, 0.2) is 24.3 Å². The highest BCUT2D eigenvalue weighted by atomic mass is 19.4. The molecule has 1 aliphatic rings. The van der Waals surface area contributed by atoms with Gasteiger partial charge in [0.05, 0.1) is 5.56 Å². The summed E-state index contributed by atoms with van der Waals surface area (Å²) >= 11 is 0.